The Morgan fingerprint density at radius 3 is 2.47 bits per heavy atom. The zero-order valence-corrected chi connectivity index (χ0v) is 11.5. The Hall–Kier alpha value is -1.55. The summed E-state index contributed by atoms with van der Waals surface area (Å²) in [6.45, 7) is 4.27. The number of piperidine rings is 1. The standard InChI is InChI=1S/C15H24N4/c16-15(17)18-12-14-7-10-19(11-8-14)9-6-13-4-2-1-3-5-13/h1-5,14H,6-12H2,(H4,16,17,18). The van der Waals surface area contributed by atoms with Crippen molar-refractivity contribution in [1.82, 2.24) is 4.90 Å². The molecule has 1 aliphatic rings. The highest BCUT2D eigenvalue weighted by Gasteiger charge is 2.18. The Morgan fingerprint density at radius 2 is 1.84 bits per heavy atom. The first-order chi connectivity index (χ1) is 9.24. The van der Waals surface area contributed by atoms with E-state index in [-0.39, 0.29) is 5.96 Å². The monoisotopic (exact) mass is 260 g/mol. The fraction of sp³-hybridized carbons (Fsp3) is 0.533. The molecular formula is C15H24N4. The first-order valence-electron chi connectivity index (χ1n) is 7.05. The molecule has 1 aliphatic heterocycles. The number of benzene rings is 1. The molecule has 0 radical (unpaired) electrons. The van der Waals surface area contributed by atoms with Crippen molar-refractivity contribution in [3.63, 3.8) is 0 Å². The van der Waals surface area contributed by atoms with Gasteiger partial charge in [0, 0.05) is 13.1 Å². The van der Waals surface area contributed by atoms with E-state index in [1.54, 1.807) is 0 Å². The van der Waals surface area contributed by atoms with Crippen LogP contribution in [-0.4, -0.2) is 37.0 Å². The molecule has 0 atom stereocenters. The van der Waals surface area contributed by atoms with Gasteiger partial charge in [0.2, 0.25) is 0 Å². The summed E-state index contributed by atoms with van der Waals surface area (Å²) in [5, 5.41) is 0. The van der Waals surface area contributed by atoms with Gasteiger partial charge in [-0.05, 0) is 43.8 Å². The van der Waals surface area contributed by atoms with Gasteiger partial charge in [0.15, 0.2) is 5.96 Å². The molecule has 0 spiro atoms. The maximum absolute atomic E-state index is 5.37. The van der Waals surface area contributed by atoms with Crippen molar-refractivity contribution < 1.29 is 0 Å². The number of guanidine groups is 1. The number of rotatable bonds is 5. The van der Waals surface area contributed by atoms with Crippen LogP contribution in [0.15, 0.2) is 35.3 Å². The molecule has 19 heavy (non-hydrogen) atoms. The minimum absolute atomic E-state index is 0.214. The molecule has 1 saturated heterocycles. The number of hydrogen-bond donors (Lipinski definition) is 2. The smallest absolute Gasteiger partial charge is 0.185 e. The number of likely N-dealkylation sites (tertiary alicyclic amines) is 1. The summed E-state index contributed by atoms with van der Waals surface area (Å²) in [6, 6.07) is 10.7. The Bertz CT molecular complexity index is 390. The van der Waals surface area contributed by atoms with Gasteiger partial charge < -0.3 is 16.4 Å². The zero-order valence-electron chi connectivity index (χ0n) is 11.5. The van der Waals surface area contributed by atoms with E-state index < -0.39 is 0 Å². The van der Waals surface area contributed by atoms with Gasteiger partial charge in [0.25, 0.3) is 0 Å². The zero-order chi connectivity index (χ0) is 13.5. The maximum atomic E-state index is 5.37. The van der Waals surface area contributed by atoms with Crippen molar-refractivity contribution in [2.24, 2.45) is 22.4 Å². The molecule has 0 unspecified atom stereocenters. The van der Waals surface area contributed by atoms with Crippen molar-refractivity contribution >= 4 is 5.96 Å². The largest absolute Gasteiger partial charge is 0.370 e. The Labute approximate surface area is 115 Å². The number of hydrogen-bond acceptors (Lipinski definition) is 2. The van der Waals surface area contributed by atoms with Gasteiger partial charge in [-0.25, -0.2) is 0 Å². The molecule has 4 nitrogen and oxygen atoms in total. The van der Waals surface area contributed by atoms with Gasteiger partial charge in [-0.15, -0.1) is 0 Å². The molecule has 0 amide bonds. The molecule has 4 N–H and O–H groups in total. The van der Waals surface area contributed by atoms with E-state index in [0.717, 1.165) is 32.6 Å². The van der Waals surface area contributed by atoms with Gasteiger partial charge in [0.1, 0.15) is 0 Å². The summed E-state index contributed by atoms with van der Waals surface area (Å²) in [7, 11) is 0. The van der Waals surface area contributed by atoms with Crippen LogP contribution in [0.4, 0.5) is 0 Å². The van der Waals surface area contributed by atoms with Crippen LogP contribution in [0.5, 0.6) is 0 Å². The third-order valence-electron chi connectivity index (χ3n) is 3.80. The van der Waals surface area contributed by atoms with Crippen LogP contribution in [0.3, 0.4) is 0 Å². The van der Waals surface area contributed by atoms with E-state index in [9.17, 15) is 0 Å². The lowest BCUT2D eigenvalue weighted by molar-refractivity contribution is 0.189. The quantitative estimate of drug-likeness (QED) is 0.618. The average molecular weight is 260 g/mol. The third-order valence-corrected chi connectivity index (χ3v) is 3.80. The molecule has 1 fully saturated rings. The average Bonchev–Trinajstić information content (AvgIpc) is 2.45. The summed E-state index contributed by atoms with van der Waals surface area (Å²) >= 11 is 0. The lowest BCUT2D eigenvalue weighted by atomic mass is 9.96. The minimum Gasteiger partial charge on any atom is -0.370 e. The first kappa shape index (κ1) is 13.9. The Morgan fingerprint density at radius 1 is 1.16 bits per heavy atom. The highest BCUT2D eigenvalue weighted by molar-refractivity contribution is 5.75. The van der Waals surface area contributed by atoms with Gasteiger partial charge in [-0.1, -0.05) is 30.3 Å². The van der Waals surface area contributed by atoms with Crippen LogP contribution in [0.1, 0.15) is 18.4 Å². The Kier molecular flexibility index (Phi) is 5.21. The fourth-order valence-corrected chi connectivity index (χ4v) is 2.56. The van der Waals surface area contributed by atoms with Crippen molar-refractivity contribution in [2.75, 3.05) is 26.2 Å². The topological polar surface area (TPSA) is 67.6 Å². The van der Waals surface area contributed by atoms with Crippen molar-refractivity contribution in [3.8, 4) is 0 Å². The molecule has 2 rings (SSSR count). The number of nitrogens with two attached hydrogens (primary N) is 2. The van der Waals surface area contributed by atoms with E-state index in [0.29, 0.717) is 5.92 Å². The molecule has 0 aromatic heterocycles. The normalized spacial score (nSPS) is 17.3. The van der Waals surface area contributed by atoms with Gasteiger partial charge in [0.05, 0.1) is 0 Å². The molecule has 1 heterocycles. The van der Waals surface area contributed by atoms with Crippen molar-refractivity contribution in [2.45, 2.75) is 19.3 Å². The number of nitrogens with zero attached hydrogens (tertiary/aromatic N) is 2. The van der Waals surface area contributed by atoms with Crippen LogP contribution in [-0.2, 0) is 6.42 Å². The molecule has 104 valence electrons. The predicted molar refractivity (Wildman–Crippen MR) is 80.0 cm³/mol. The summed E-state index contributed by atoms with van der Waals surface area (Å²) in [6.07, 6.45) is 3.54. The fourth-order valence-electron chi connectivity index (χ4n) is 2.56. The lowest BCUT2D eigenvalue weighted by Gasteiger charge is -2.31. The summed E-state index contributed by atoms with van der Waals surface area (Å²) in [4.78, 5) is 6.66. The summed E-state index contributed by atoms with van der Waals surface area (Å²) < 4.78 is 0. The van der Waals surface area contributed by atoms with Gasteiger partial charge >= 0.3 is 0 Å². The van der Waals surface area contributed by atoms with E-state index in [2.05, 4.69) is 40.2 Å². The van der Waals surface area contributed by atoms with E-state index >= 15 is 0 Å². The molecular weight excluding hydrogens is 236 g/mol. The number of aliphatic imine (C=N–C) groups is 1. The lowest BCUT2D eigenvalue weighted by Crippen LogP contribution is -2.36. The van der Waals surface area contributed by atoms with Gasteiger partial charge in [-0.3, -0.25) is 4.99 Å². The minimum atomic E-state index is 0.214. The van der Waals surface area contributed by atoms with Crippen LogP contribution in [0.2, 0.25) is 0 Å². The predicted octanol–water partition coefficient (Wildman–Crippen LogP) is 1.21. The van der Waals surface area contributed by atoms with E-state index in [1.807, 2.05) is 0 Å². The van der Waals surface area contributed by atoms with Crippen molar-refractivity contribution in [1.29, 1.82) is 0 Å². The van der Waals surface area contributed by atoms with Crippen molar-refractivity contribution in [3.05, 3.63) is 35.9 Å². The Balaban J connectivity index is 1.68. The second-order valence-electron chi connectivity index (χ2n) is 5.29. The second-order valence-corrected chi connectivity index (χ2v) is 5.29. The SMILES string of the molecule is NC(N)=NCC1CCN(CCc2ccccc2)CC1. The third kappa shape index (κ3) is 4.91. The first-order valence-corrected chi connectivity index (χ1v) is 7.05. The molecule has 0 saturated carbocycles. The van der Waals surface area contributed by atoms with Crippen LogP contribution in [0, 0.1) is 5.92 Å². The maximum Gasteiger partial charge on any atom is 0.185 e. The molecule has 0 aliphatic carbocycles. The van der Waals surface area contributed by atoms with Crippen LogP contribution < -0.4 is 11.5 Å². The highest BCUT2D eigenvalue weighted by Crippen LogP contribution is 2.17. The van der Waals surface area contributed by atoms with Gasteiger partial charge in [-0.2, -0.15) is 0 Å². The molecule has 0 bridgehead atoms. The molecule has 1 aromatic carbocycles. The summed E-state index contributed by atoms with van der Waals surface area (Å²) in [5.41, 5.74) is 12.2. The van der Waals surface area contributed by atoms with E-state index in [4.69, 9.17) is 11.5 Å². The van der Waals surface area contributed by atoms with Crippen LogP contribution in [0.25, 0.3) is 0 Å². The van der Waals surface area contributed by atoms with Crippen LogP contribution >= 0.6 is 0 Å². The summed E-state index contributed by atoms with van der Waals surface area (Å²) in [5.74, 6) is 0.863. The second kappa shape index (κ2) is 7.14. The molecule has 1 aromatic rings. The van der Waals surface area contributed by atoms with E-state index in [1.165, 1.54) is 18.4 Å². The highest BCUT2D eigenvalue weighted by atomic mass is 15.1. The molecule has 4 heteroatoms.